The number of aliphatic hydroxyl groups excluding tert-OH is 1. The molecule has 0 aromatic heterocycles. The topological polar surface area (TPSA) is 80.4 Å². The first kappa shape index (κ1) is 12.7. The summed E-state index contributed by atoms with van der Waals surface area (Å²) in [5, 5.41) is 21.1. The highest BCUT2D eigenvalue weighted by molar-refractivity contribution is 5.82. The van der Waals surface area contributed by atoms with Gasteiger partial charge >= 0.3 is 0 Å². The summed E-state index contributed by atoms with van der Waals surface area (Å²) in [7, 11) is 0. The van der Waals surface area contributed by atoms with Crippen LogP contribution in [0.5, 0.6) is 0 Å². The maximum Gasteiger partial charge on any atom is 0.275 e. The summed E-state index contributed by atoms with van der Waals surface area (Å²) < 4.78 is 0. The van der Waals surface area contributed by atoms with Gasteiger partial charge in [-0.1, -0.05) is 18.6 Å². The highest BCUT2D eigenvalue weighted by Gasteiger charge is 2.33. The fourth-order valence-corrected chi connectivity index (χ4v) is 2.46. The maximum atomic E-state index is 11.8. The second kappa shape index (κ2) is 5.27. The number of ketones is 1. The molecule has 1 N–H and O–H groups in total. The van der Waals surface area contributed by atoms with Gasteiger partial charge in [-0.15, -0.1) is 0 Å². The van der Waals surface area contributed by atoms with E-state index in [9.17, 15) is 20.0 Å². The molecule has 1 aromatic carbocycles. The van der Waals surface area contributed by atoms with Crippen LogP contribution in [0.1, 0.15) is 37.4 Å². The molecule has 1 saturated carbocycles. The van der Waals surface area contributed by atoms with Crippen molar-refractivity contribution < 1.29 is 14.8 Å². The summed E-state index contributed by atoms with van der Waals surface area (Å²) in [4.78, 5) is 22.1. The van der Waals surface area contributed by atoms with Crippen molar-refractivity contribution in [2.24, 2.45) is 5.92 Å². The van der Waals surface area contributed by atoms with E-state index in [4.69, 9.17) is 0 Å². The summed E-state index contributed by atoms with van der Waals surface area (Å²) in [6.07, 6.45) is 1.72. The number of carbonyl (C=O) groups is 1. The number of benzene rings is 1. The molecule has 0 spiro atoms. The van der Waals surface area contributed by atoms with Crippen molar-refractivity contribution in [3.63, 3.8) is 0 Å². The number of carbonyl (C=O) groups excluding carboxylic acids is 1. The van der Waals surface area contributed by atoms with E-state index in [1.807, 2.05) is 0 Å². The smallest absolute Gasteiger partial charge is 0.275 e. The first-order chi connectivity index (χ1) is 8.61. The van der Waals surface area contributed by atoms with Gasteiger partial charge in [0, 0.05) is 18.4 Å². The van der Waals surface area contributed by atoms with Crippen LogP contribution in [0.25, 0.3) is 0 Å². The zero-order valence-electron chi connectivity index (χ0n) is 9.91. The van der Waals surface area contributed by atoms with Crippen molar-refractivity contribution in [2.75, 3.05) is 0 Å². The number of hydrogen-bond acceptors (Lipinski definition) is 4. The van der Waals surface area contributed by atoms with Crippen LogP contribution in [0.3, 0.4) is 0 Å². The highest BCUT2D eigenvalue weighted by Crippen LogP contribution is 2.35. The predicted octanol–water partition coefficient (Wildman–Crippen LogP) is 2.39. The van der Waals surface area contributed by atoms with E-state index in [1.165, 1.54) is 12.1 Å². The van der Waals surface area contributed by atoms with Crippen LogP contribution >= 0.6 is 0 Å². The average Bonchev–Trinajstić information content (AvgIpc) is 2.38. The Kier molecular flexibility index (Phi) is 3.72. The molecule has 18 heavy (non-hydrogen) atoms. The van der Waals surface area contributed by atoms with Crippen molar-refractivity contribution in [2.45, 2.75) is 31.8 Å². The molecular formula is C13H15NO4. The molecule has 2 atom stereocenters. The van der Waals surface area contributed by atoms with Gasteiger partial charge in [0.1, 0.15) is 5.78 Å². The average molecular weight is 249 g/mol. The monoisotopic (exact) mass is 249 g/mol. The third kappa shape index (κ3) is 2.41. The summed E-state index contributed by atoms with van der Waals surface area (Å²) in [6, 6.07) is 6.06. The lowest BCUT2D eigenvalue weighted by atomic mass is 9.81. The van der Waals surface area contributed by atoms with Gasteiger partial charge in [0.25, 0.3) is 5.69 Å². The van der Waals surface area contributed by atoms with Crippen LogP contribution in [0.15, 0.2) is 24.3 Å². The number of aliphatic hydroxyl groups is 1. The third-order valence-electron chi connectivity index (χ3n) is 3.44. The second-order valence-corrected chi connectivity index (χ2v) is 4.58. The predicted molar refractivity (Wildman–Crippen MR) is 65.0 cm³/mol. The molecule has 96 valence electrons. The minimum atomic E-state index is -1.07. The SMILES string of the molecule is O=C1CCCC[C@H]1[C@H](O)c1ccccc1[N+](=O)[O-]. The van der Waals surface area contributed by atoms with Crippen LogP contribution in [0.4, 0.5) is 5.69 Å². The number of nitro groups is 1. The van der Waals surface area contributed by atoms with Gasteiger partial charge in [0.2, 0.25) is 0 Å². The van der Waals surface area contributed by atoms with E-state index < -0.39 is 16.9 Å². The van der Waals surface area contributed by atoms with Gasteiger partial charge in [-0.3, -0.25) is 14.9 Å². The largest absolute Gasteiger partial charge is 0.387 e. The van der Waals surface area contributed by atoms with Crippen molar-refractivity contribution in [3.8, 4) is 0 Å². The molecule has 5 nitrogen and oxygen atoms in total. The summed E-state index contributed by atoms with van der Waals surface area (Å²) in [5.41, 5.74) is 0.117. The molecule has 0 unspecified atom stereocenters. The van der Waals surface area contributed by atoms with E-state index in [-0.39, 0.29) is 17.0 Å². The minimum Gasteiger partial charge on any atom is -0.387 e. The van der Waals surface area contributed by atoms with Crippen LogP contribution in [0, 0.1) is 16.0 Å². The molecule has 0 saturated heterocycles. The molecular weight excluding hydrogens is 234 g/mol. The Morgan fingerprint density at radius 3 is 2.72 bits per heavy atom. The molecule has 0 amide bonds. The van der Waals surface area contributed by atoms with Gasteiger partial charge in [-0.25, -0.2) is 0 Å². The van der Waals surface area contributed by atoms with Crippen molar-refractivity contribution >= 4 is 11.5 Å². The number of hydrogen-bond donors (Lipinski definition) is 1. The lowest BCUT2D eigenvalue weighted by Crippen LogP contribution is -2.26. The number of nitro benzene ring substituents is 1. The molecule has 0 radical (unpaired) electrons. The van der Waals surface area contributed by atoms with Gasteiger partial charge < -0.3 is 5.11 Å². The molecule has 0 bridgehead atoms. The zero-order valence-corrected chi connectivity index (χ0v) is 9.91. The summed E-state index contributed by atoms with van der Waals surface area (Å²) in [5.74, 6) is -0.494. The Balaban J connectivity index is 2.30. The van der Waals surface area contributed by atoms with Gasteiger partial charge in [-0.2, -0.15) is 0 Å². The first-order valence-corrected chi connectivity index (χ1v) is 6.05. The lowest BCUT2D eigenvalue weighted by molar-refractivity contribution is -0.386. The Bertz CT molecular complexity index is 472. The summed E-state index contributed by atoms with van der Waals surface area (Å²) >= 11 is 0. The number of para-hydroxylation sites is 1. The van der Waals surface area contributed by atoms with Crippen LogP contribution in [0.2, 0.25) is 0 Å². The van der Waals surface area contributed by atoms with Crippen LogP contribution < -0.4 is 0 Å². The van der Waals surface area contributed by atoms with E-state index in [0.717, 1.165) is 12.8 Å². The quantitative estimate of drug-likeness (QED) is 0.658. The molecule has 5 heteroatoms. The minimum absolute atomic E-state index is 0.00639. The first-order valence-electron chi connectivity index (χ1n) is 6.05. The van der Waals surface area contributed by atoms with Gasteiger partial charge in [0.15, 0.2) is 0 Å². The number of rotatable bonds is 3. The molecule has 1 aliphatic rings. The molecule has 1 fully saturated rings. The van der Waals surface area contributed by atoms with Crippen molar-refractivity contribution in [3.05, 3.63) is 39.9 Å². The van der Waals surface area contributed by atoms with E-state index in [1.54, 1.807) is 12.1 Å². The standard InChI is InChI=1S/C13H15NO4/c15-12-8-4-2-6-10(12)13(16)9-5-1-3-7-11(9)14(17)18/h1,3,5,7,10,13,16H,2,4,6,8H2/t10-,13-/m1/s1. The Hall–Kier alpha value is -1.75. The Morgan fingerprint density at radius 2 is 2.06 bits per heavy atom. The lowest BCUT2D eigenvalue weighted by Gasteiger charge is -2.25. The summed E-state index contributed by atoms with van der Waals surface area (Å²) in [6.45, 7) is 0. The Morgan fingerprint density at radius 1 is 1.33 bits per heavy atom. The molecule has 2 rings (SSSR count). The zero-order chi connectivity index (χ0) is 13.1. The van der Waals surface area contributed by atoms with Gasteiger partial charge in [-0.05, 0) is 18.9 Å². The Labute approximate surface area is 105 Å². The molecule has 0 aliphatic heterocycles. The fraction of sp³-hybridized carbons (Fsp3) is 0.462. The maximum absolute atomic E-state index is 11.8. The van der Waals surface area contributed by atoms with Crippen LogP contribution in [-0.4, -0.2) is 15.8 Å². The van der Waals surface area contributed by atoms with Crippen molar-refractivity contribution in [1.82, 2.24) is 0 Å². The normalized spacial score (nSPS) is 21.6. The number of nitrogens with zero attached hydrogens (tertiary/aromatic N) is 1. The third-order valence-corrected chi connectivity index (χ3v) is 3.44. The fourth-order valence-electron chi connectivity index (χ4n) is 2.46. The molecule has 1 aromatic rings. The van der Waals surface area contributed by atoms with Gasteiger partial charge in [0.05, 0.1) is 16.6 Å². The van der Waals surface area contributed by atoms with E-state index in [0.29, 0.717) is 12.8 Å². The molecule has 0 heterocycles. The number of Topliss-reactive ketones (excluding diaryl/α,β-unsaturated/α-hetero) is 1. The highest BCUT2D eigenvalue weighted by atomic mass is 16.6. The van der Waals surface area contributed by atoms with Crippen LogP contribution in [-0.2, 0) is 4.79 Å². The van der Waals surface area contributed by atoms with Crippen molar-refractivity contribution in [1.29, 1.82) is 0 Å². The molecule has 1 aliphatic carbocycles. The van der Waals surface area contributed by atoms with E-state index >= 15 is 0 Å². The van der Waals surface area contributed by atoms with E-state index in [2.05, 4.69) is 0 Å². The second-order valence-electron chi connectivity index (χ2n) is 4.58.